The largest absolute Gasteiger partial charge is 0.386 e. The average molecular weight is 391 g/mol. The van der Waals surface area contributed by atoms with Crippen molar-refractivity contribution in [3.63, 3.8) is 0 Å². The summed E-state index contributed by atoms with van der Waals surface area (Å²) in [5.41, 5.74) is 0.975. The van der Waals surface area contributed by atoms with Gasteiger partial charge in [0.2, 0.25) is 5.91 Å². The first-order valence-electron chi connectivity index (χ1n) is 9.68. The maximum Gasteiger partial charge on any atom is 0.269 e. The van der Waals surface area contributed by atoms with Gasteiger partial charge >= 0.3 is 0 Å². The van der Waals surface area contributed by atoms with Crippen LogP contribution >= 0.6 is 11.3 Å². The first-order chi connectivity index (χ1) is 13.1. The summed E-state index contributed by atoms with van der Waals surface area (Å²) in [5, 5.41) is 11.0. The van der Waals surface area contributed by atoms with Crippen LogP contribution < -0.4 is 5.32 Å². The second-order valence-corrected chi connectivity index (χ2v) is 8.45. The smallest absolute Gasteiger partial charge is 0.269 e. The molecule has 2 saturated heterocycles. The maximum absolute atomic E-state index is 12.5. The Morgan fingerprint density at radius 2 is 2.15 bits per heavy atom. The molecule has 4 heterocycles. The van der Waals surface area contributed by atoms with Gasteiger partial charge in [0.05, 0.1) is 13.0 Å². The van der Waals surface area contributed by atoms with Crippen molar-refractivity contribution in [1.29, 1.82) is 0 Å². The molecule has 8 heteroatoms. The van der Waals surface area contributed by atoms with E-state index in [0.29, 0.717) is 38.2 Å². The van der Waals surface area contributed by atoms with E-state index in [9.17, 15) is 9.59 Å². The van der Waals surface area contributed by atoms with E-state index in [1.54, 1.807) is 11.3 Å². The number of oxime groups is 1. The molecule has 0 aliphatic carbocycles. The summed E-state index contributed by atoms with van der Waals surface area (Å²) in [7, 11) is 0. The summed E-state index contributed by atoms with van der Waals surface area (Å²) in [4.78, 5) is 34.7. The zero-order valence-electron chi connectivity index (χ0n) is 15.5. The van der Waals surface area contributed by atoms with Crippen molar-refractivity contribution in [3.8, 4) is 0 Å². The SMILES string of the molecule is O=C(NCCN1CCCC1)C1=NOC2(CCN(C(=O)Cc3ccsc3)C2)C1. The minimum Gasteiger partial charge on any atom is -0.386 e. The summed E-state index contributed by atoms with van der Waals surface area (Å²) in [6.45, 7) is 4.93. The molecule has 1 aromatic rings. The van der Waals surface area contributed by atoms with Crippen LogP contribution in [0.2, 0.25) is 0 Å². The van der Waals surface area contributed by atoms with Gasteiger partial charge in [-0.1, -0.05) is 5.16 Å². The molecule has 1 spiro atoms. The van der Waals surface area contributed by atoms with Crippen molar-refractivity contribution in [1.82, 2.24) is 15.1 Å². The van der Waals surface area contributed by atoms with Gasteiger partial charge in [0.15, 0.2) is 5.60 Å². The zero-order valence-corrected chi connectivity index (χ0v) is 16.3. The molecule has 0 saturated carbocycles. The summed E-state index contributed by atoms with van der Waals surface area (Å²) < 4.78 is 0. The van der Waals surface area contributed by atoms with E-state index in [4.69, 9.17) is 4.84 Å². The van der Waals surface area contributed by atoms with Gasteiger partial charge in [0, 0.05) is 32.5 Å². The predicted molar refractivity (Wildman–Crippen MR) is 104 cm³/mol. The Labute approximate surface area is 163 Å². The van der Waals surface area contributed by atoms with Crippen LogP contribution in [0.1, 0.15) is 31.2 Å². The molecule has 3 aliphatic rings. The van der Waals surface area contributed by atoms with Crippen molar-refractivity contribution in [2.45, 2.75) is 37.7 Å². The van der Waals surface area contributed by atoms with E-state index < -0.39 is 5.60 Å². The van der Waals surface area contributed by atoms with Gasteiger partial charge in [0.1, 0.15) is 5.71 Å². The van der Waals surface area contributed by atoms with Crippen LogP contribution in [0.15, 0.2) is 22.0 Å². The lowest BCUT2D eigenvalue weighted by atomic mass is 9.96. The number of likely N-dealkylation sites (tertiary alicyclic amines) is 2. The summed E-state index contributed by atoms with van der Waals surface area (Å²) in [5.74, 6) is -0.0356. The normalized spacial score (nSPS) is 25.0. The van der Waals surface area contributed by atoms with Crippen LogP contribution in [0.3, 0.4) is 0 Å². The highest BCUT2D eigenvalue weighted by Crippen LogP contribution is 2.34. The lowest BCUT2D eigenvalue weighted by molar-refractivity contribution is -0.130. The Balaban J connectivity index is 1.23. The molecule has 4 rings (SSSR count). The van der Waals surface area contributed by atoms with Gasteiger partial charge in [-0.3, -0.25) is 9.59 Å². The minimum atomic E-state index is -0.522. The highest BCUT2D eigenvalue weighted by molar-refractivity contribution is 7.08. The Kier molecular flexibility index (Phi) is 5.45. The molecule has 0 aromatic carbocycles. The summed E-state index contributed by atoms with van der Waals surface area (Å²) in [6.07, 6.45) is 4.11. The van der Waals surface area contributed by atoms with Gasteiger partial charge in [-0.25, -0.2) is 0 Å². The third kappa shape index (κ3) is 4.32. The number of rotatable bonds is 6. The molecule has 1 aromatic heterocycles. The molecule has 3 aliphatic heterocycles. The topological polar surface area (TPSA) is 74.2 Å². The number of carbonyl (C=O) groups excluding carboxylic acids is 2. The molecule has 2 amide bonds. The van der Waals surface area contributed by atoms with Crippen LogP contribution in [0.25, 0.3) is 0 Å². The molecule has 0 bridgehead atoms. The first kappa shape index (κ1) is 18.4. The molecule has 1 unspecified atom stereocenters. The Bertz CT molecular complexity index is 715. The minimum absolute atomic E-state index is 0.109. The number of hydrogen-bond acceptors (Lipinski definition) is 6. The highest BCUT2D eigenvalue weighted by Gasteiger charge is 2.47. The fourth-order valence-corrected chi connectivity index (χ4v) is 4.70. The van der Waals surface area contributed by atoms with Gasteiger partial charge in [-0.05, 0) is 48.3 Å². The molecule has 27 heavy (non-hydrogen) atoms. The molecular formula is C19H26N4O3S. The van der Waals surface area contributed by atoms with Crippen LogP contribution in [-0.2, 0) is 20.8 Å². The van der Waals surface area contributed by atoms with Gasteiger partial charge in [-0.15, -0.1) is 0 Å². The van der Waals surface area contributed by atoms with Gasteiger partial charge in [-0.2, -0.15) is 11.3 Å². The van der Waals surface area contributed by atoms with Gasteiger partial charge in [0.25, 0.3) is 5.91 Å². The van der Waals surface area contributed by atoms with E-state index in [-0.39, 0.29) is 11.8 Å². The average Bonchev–Trinajstić information content (AvgIpc) is 3.44. The van der Waals surface area contributed by atoms with E-state index in [0.717, 1.165) is 31.6 Å². The molecule has 146 valence electrons. The molecule has 2 fully saturated rings. The fraction of sp³-hybridized carbons (Fsp3) is 0.632. The molecule has 1 N–H and O–H groups in total. The van der Waals surface area contributed by atoms with Crippen LogP contribution in [0, 0.1) is 0 Å². The third-order valence-corrected chi connectivity index (χ3v) is 6.35. The number of carbonyl (C=O) groups is 2. The number of amides is 2. The van der Waals surface area contributed by atoms with E-state index in [1.165, 1.54) is 12.8 Å². The number of hydrogen-bond donors (Lipinski definition) is 1. The Morgan fingerprint density at radius 3 is 2.93 bits per heavy atom. The lowest BCUT2D eigenvalue weighted by Gasteiger charge is -2.21. The summed E-state index contributed by atoms with van der Waals surface area (Å²) >= 11 is 1.60. The molecule has 7 nitrogen and oxygen atoms in total. The van der Waals surface area contributed by atoms with Crippen molar-refractivity contribution in [2.24, 2.45) is 5.16 Å². The van der Waals surface area contributed by atoms with E-state index >= 15 is 0 Å². The lowest BCUT2D eigenvalue weighted by Crippen LogP contribution is -2.40. The maximum atomic E-state index is 12.5. The second-order valence-electron chi connectivity index (χ2n) is 7.67. The molecule has 0 radical (unpaired) electrons. The van der Waals surface area contributed by atoms with Crippen LogP contribution in [0.5, 0.6) is 0 Å². The monoisotopic (exact) mass is 390 g/mol. The number of nitrogens with one attached hydrogen (secondary N) is 1. The zero-order chi connectivity index (χ0) is 18.7. The Morgan fingerprint density at radius 1 is 1.30 bits per heavy atom. The first-order valence-corrected chi connectivity index (χ1v) is 10.6. The van der Waals surface area contributed by atoms with E-state index in [2.05, 4.69) is 15.4 Å². The Hall–Kier alpha value is -1.93. The highest BCUT2D eigenvalue weighted by atomic mass is 32.1. The van der Waals surface area contributed by atoms with Gasteiger partial charge < -0.3 is 20.0 Å². The quantitative estimate of drug-likeness (QED) is 0.793. The number of thiophene rings is 1. The molecule has 1 atom stereocenters. The predicted octanol–water partition coefficient (Wildman–Crippen LogP) is 1.25. The van der Waals surface area contributed by atoms with Crippen LogP contribution in [-0.4, -0.2) is 72.2 Å². The van der Waals surface area contributed by atoms with Crippen molar-refractivity contribution >= 4 is 28.9 Å². The molecular weight excluding hydrogens is 364 g/mol. The second kappa shape index (κ2) is 7.98. The number of nitrogens with zero attached hydrogens (tertiary/aromatic N) is 3. The summed E-state index contributed by atoms with van der Waals surface area (Å²) in [6, 6.07) is 1.98. The van der Waals surface area contributed by atoms with Crippen molar-refractivity contribution < 1.29 is 14.4 Å². The standard InChI is InChI=1S/C19H26N4O3S/c24-17(11-15-3-10-27-13-15)23-8-4-19(14-23)12-16(21-26-19)18(25)20-5-9-22-6-1-2-7-22/h3,10,13H,1-2,4-9,11-12,14H2,(H,20,25). The van der Waals surface area contributed by atoms with Crippen LogP contribution in [0.4, 0.5) is 0 Å². The van der Waals surface area contributed by atoms with E-state index in [1.807, 2.05) is 21.7 Å². The van der Waals surface area contributed by atoms with Crippen molar-refractivity contribution in [2.75, 3.05) is 39.3 Å². The third-order valence-electron chi connectivity index (χ3n) is 5.62. The van der Waals surface area contributed by atoms with Crippen molar-refractivity contribution in [3.05, 3.63) is 22.4 Å². The fourth-order valence-electron chi connectivity index (χ4n) is 4.04.